The van der Waals surface area contributed by atoms with E-state index >= 15 is 0 Å². The predicted molar refractivity (Wildman–Crippen MR) is 135 cm³/mol. The molecule has 2 aliphatic heterocycles. The third kappa shape index (κ3) is 7.32. The van der Waals surface area contributed by atoms with Gasteiger partial charge in [0.05, 0.1) is 6.04 Å². The number of sulfone groups is 1. The summed E-state index contributed by atoms with van der Waals surface area (Å²) in [7, 11) is -4.24. The van der Waals surface area contributed by atoms with Gasteiger partial charge in [-0.2, -0.15) is 17.6 Å². The van der Waals surface area contributed by atoms with E-state index in [2.05, 4.69) is 10.6 Å². The van der Waals surface area contributed by atoms with Crippen LogP contribution in [0.4, 0.5) is 17.6 Å². The van der Waals surface area contributed by atoms with Crippen molar-refractivity contribution in [1.82, 2.24) is 20.9 Å². The van der Waals surface area contributed by atoms with Crippen molar-refractivity contribution in [2.45, 2.75) is 77.2 Å². The Labute approximate surface area is 230 Å². The molecule has 0 bridgehead atoms. The fraction of sp³-hybridized carbons (Fsp3) is 0.760. The zero-order valence-electron chi connectivity index (χ0n) is 22.8. The number of alkyl halides is 3. The fourth-order valence-electron chi connectivity index (χ4n) is 5.79. The van der Waals surface area contributed by atoms with Gasteiger partial charge in [-0.15, -0.1) is 0 Å². The lowest BCUT2D eigenvalue weighted by molar-refractivity contribution is -0.176. The molecule has 40 heavy (non-hydrogen) atoms. The van der Waals surface area contributed by atoms with E-state index in [1.165, 1.54) is 25.7 Å². The zero-order valence-corrected chi connectivity index (χ0v) is 23.6. The van der Waals surface area contributed by atoms with Gasteiger partial charge in [0, 0.05) is 25.3 Å². The first kappa shape index (κ1) is 31.8. The standard InChI is InChI=1S/C25H36F4N4O6S/c1-24(2,3)19(32-23(37)25(27,28)29)22(36)33-12-14-6-5-7-16(14)18(33)21(35)31-15(11-17(26)40(4,38)39)10-13-8-9-30-20(13)34/h11,13-16,18-19H,5-10,12H2,1-4H3,(H,30,34)(H,31,35)(H,32,37)/b17-11-/t13-,14+,15-,16+,18-,19+/m0/s1. The van der Waals surface area contributed by atoms with E-state index in [4.69, 9.17) is 0 Å². The number of rotatable bonds is 8. The summed E-state index contributed by atoms with van der Waals surface area (Å²) in [6.07, 6.45) is -1.55. The molecule has 0 radical (unpaired) electrons. The van der Waals surface area contributed by atoms with Gasteiger partial charge in [0.15, 0.2) is 0 Å². The summed E-state index contributed by atoms with van der Waals surface area (Å²) in [4.78, 5) is 52.4. The van der Waals surface area contributed by atoms with Gasteiger partial charge in [-0.25, -0.2) is 8.42 Å². The number of carbonyl (C=O) groups is 4. The number of fused-ring (bicyclic) bond motifs is 1. The molecule has 0 aromatic rings. The summed E-state index contributed by atoms with van der Waals surface area (Å²) >= 11 is 0. The first-order chi connectivity index (χ1) is 18.3. The molecule has 3 rings (SSSR count). The average molecular weight is 597 g/mol. The van der Waals surface area contributed by atoms with Crippen LogP contribution in [-0.4, -0.2) is 80.6 Å². The lowest BCUT2D eigenvalue weighted by atomic mass is 9.85. The third-order valence-corrected chi connectivity index (χ3v) is 8.65. The number of hydrogen-bond donors (Lipinski definition) is 3. The van der Waals surface area contributed by atoms with Crippen molar-refractivity contribution in [3.63, 3.8) is 0 Å². The lowest BCUT2D eigenvalue weighted by Crippen LogP contribution is -2.60. The Morgan fingerprint density at radius 2 is 1.77 bits per heavy atom. The van der Waals surface area contributed by atoms with E-state index in [-0.39, 0.29) is 30.7 Å². The highest BCUT2D eigenvalue weighted by atomic mass is 32.2. The van der Waals surface area contributed by atoms with Gasteiger partial charge in [-0.3, -0.25) is 19.2 Å². The van der Waals surface area contributed by atoms with Crippen LogP contribution in [0.25, 0.3) is 0 Å². The maximum Gasteiger partial charge on any atom is 0.471 e. The molecule has 0 aromatic heterocycles. The molecule has 1 aliphatic carbocycles. The van der Waals surface area contributed by atoms with Crippen LogP contribution in [0.1, 0.15) is 52.9 Å². The highest BCUT2D eigenvalue weighted by Crippen LogP contribution is 2.43. The predicted octanol–water partition coefficient (Wildman–Crippen LogP) is 1.57. The van der Waals surface area contributed by atoms with Gasteiger partial charge in [0.25, 0.3) is 0 Å². The van der Waals surface area contributed by atoms with Crippen LogP contribution in [0.2, 0.25) is 0 Å². The van der Waals surface area contributed by atoms with E-state index in [1.807, 2.05) is 0 Å². The van der Waals surface area contributed by atoms with Gasteiger partial charge in [-0.05, 0) is 49.0 Å². The summed E-state index contributed by atoms with van der Waals surface area (Å²) in [6, 6.07) is -3.95. The Kier molecular flexibility index (Phi) is 9.26. The maximum atomic E-state index is 14.5. The van der Waals surface area contributed by atoms with Crippen LogP contribution in [0.3, 0.4) is 0 Å². The second kappa shape index (κ2) is 11.6. The van der Waals surface area contributed by atoms with Crippen LogP contribution in [-0.2, 0) is 29.0 Å². The number of halogens is 4. The molecule has 3 aliphatic rings. The van der Waals surface area contributed by atoms with E-state index in [9.17, 15) is 45.2 Å². The summed E-state index contributed by atoms with van der Waals surface area (Å²) in [5, 5.41) is 5.50. The molecule has 4 amide bonds. The molecular formula is C25H36F4N4O6S. The van der Waals surface area contributed by atoms with Crippen molar-refractivity contribution < 1.29 is 45.2 Å². The van der Waals surface area contributed by atoms with Gasteiger partial charge >= 0.3 is 12.1 Å². The topological polar surface area (TPSA) is 142 Å². The first-order valence-corrected chi connectivity index (χ1v) is 15.0. The molecule has 2 heterocycles. The summed E-state index contributed by atoms with van der Waals surface area (Å²) in [5.41, 5.74) is -1.14. The normalized spacial score (nSPS) is 27.1. The SMILES string of the molecule is CC(C)(C)[C@H](NC(=O)C(F)(F)F)C(=O)N1C[C@H]2CCC[C@H]2[C@H]1C(=O)N[C@H](/C=C(/F)S(C)(=O)=O)C[C@@H]1CCNC1=O. The average Bonchev–Trinajstić information content (AvgIpc) is 3.50. The minimum absolute atomic E-state index is 0.0826. The summed E-state index contributed by atoms with van der Waals surface area (Å²) < 4.78 is 77.1. The van der Waals surface area contributed by atoms with Crippen LogP contribution < -0.4 is 16.0 Å². The van der Waals surface area contributed by atoms with Crippen molar-refractivity contribution in [2.75, 3.05) is 19.3 Å². The molecule has 226 valence electrons. The Bertz CT molecular complexity index is 1170. The smallest absolute Gasteiger partial charge is 0.356 e. The summed E-state index contributed by atoms with van der Waals surface area (Å²) in [5.74, 6) is -5.25. The molecule has 0 unspecified atom stereocenters. The molecule has 6 atom stereocenters. The minimum atomic E-state index is -5.22. The molecule has 3 fully saturated rings. The van der Waals surface area contributed by atoms with Crippen molar-refractivity contribution in [2.24, 2.45) is 23.2 Å². The van der Waals surface area contributed by atoms with E-state index in [0.29, 0.717) is 38.1 Å². The van der Waals surface area contributed by atoms with Gasteiger partial charge in [0.1, 0.15) is 12.1 Å². The quantitative estimate of drug-likeness (QED) is 0.364. The Morgan fingerprint density at radius 3 is 2.30 bits per heavy atom. The largest absolute Gasteiger partial charge is 0.471 e. The second-order valence-electron chi connectivity index (χ2n) is 11.9. The van der Waals surface area contributed by atoms with Gasteiger partial charge in [0.2, 0.25) is 32.7 Å². The Morgan fingerprint density at radius 1 is 1.12 bits per heavy atom. The third-order valence-electron chi connectivity index (χ3n) is 7.80. The molecule has 0 spiro atoms. The molecule has 2 saturated heterocycles. The molecule has 3 N–H and O–H groups in total. The van der Waals surface area contributed by atoms with Crippen molar-refractivity contribution in [3.8, 4) is 0 Å². The Balaban J connectivity index is 1.91. The number of nitrogens with zero attached hydrogens (tertiary/aromatic N) is 1. The second-order valence-corrected chi connectivity index (χ2v) is 13.9. The van der Waals surface area contributed by atoms with Crippen LogP contribution >= 0.6 is 0 Å². The van der Waals surface area contributed by atoms with E-state index in [0.717, 1.165) is 6.42 Å². The van der Waals surface area contributed by atoms with Crippen molar-refractivity contribution in [1.29, 1.82) is 0 Å². The number of likely N-dealkylation sites (tertiary alicyclic amines) is 1. The van der Waals surface area contributed by atoms with Crippen LogP contribution in [0.15, 0.2) is 11.2 Å². The van der Waals surface area contributed by atoms with Gasteiger partial charge in [-0.1, -0.05) is 27.2 Å². The van der Waals surface area contributed by atoms with Crippen LogP contribution in [0.5, 0.6) is 0 Å². The molecular weight excluding hydrogens is 560 g/mol. The van der Waals surface area contributed by atoms with Gasteiger partial charge < -0.3 is 20.9 Å². The highest BCUT2D eigenvalue weighted by molar-refractivity contribution is 7.94. The van der Waals surface area contributed by atoms with E-state index in [1.54, 1.807) is 5.32 Å². The monoisotopic (exact) mass is 596 g/mol. The van der Waals surface area contributed by atoms with Crippen molar-refractivity contribution in [3.05, 3.63) is 11.2 Å². The van der Waals surface area contributed by atoms with Crippen LogP contribution in [0, 0.1) is 23.2 Å². The van der Waals surface area contributed by atoms with E-state index < -0.39 is 68.4 Å². The molecule has 15 heteroatoms. The maximum absolute atomic E-state index is 14.5. The molecule has 10 nitrogen and oxygen atoms in total. The minimum Gasteiger partial charge on any atom is -0.356 e. The number of amides is 4. The first-order valence-electron chi connectivity index (χ1n) is 13.1. The summed E-state index contributed by atoms with van der Waals surface area (Å²) in [6.45, 7) is 4.91. The highest BCUT2D eigenvalue weighted by Gasteiger charge is 2.53. The number of carbonyl (C=O) groups excluding carboxylic acids is 4. The van der Waals surface area contributed by atoms with Crippen molar-refractivity contribution >= 4 is 33.5 Å². The Hall–Kier alpha value is -2.71. The zero-order chi connectivity index (χ0) is 30.2. The molecule has 0 aromatic carbocycles. The molecule has 1 saturated carbocycles. The lowest BCUT2D eigenvalue weighted by Gasteiger charge is -2.36. The fourth-order valence-corrected chi connectivity index (χ4v) is 6.20. The number of nitrogens with one attached hydrogen (secondary N) is 3. The number of hydrogen-bond acceptors (Lipinski definition) is 6.